The Bertz CT molecular complexity index is 782. The van der Waals surface area contributed by atoms with Crippen LogP contribution in [-0.4, -0.2) is 21.6 Å². The first-order chi connectivity index (χ1) is 10.3. The summed E-state index contributed by atoms with van der Waals surface area (Å²) in [6, 6.07) is 12.0. The molecule has 0 radical (unpaired) electrons. The van der Waals surface area contributed by atoms with E-state index >= 15 is 0 Å². The van der Waals surface area contributed by atoms with Gasteiger partial charge in [0.25, 0.3) is 0 Å². The minimum absolute atomic E-state index is 0.328. The number of fused-ring (bicyclic) bond motifs is 1. The molecule has 108 valence electrons. The lowest BCUT2D eigenvalue weighted by Gasteiger charge is -2.09. The Labute approximate surface area is 128 Å². The van der Waals surface area contributed by atoms with Crippen molar-refractivity contribution in [1.82, 2.24) is 14.5 Å². The van der Waals surface area contributed by atoms with Crippen LogP contribution in [0.5, 0.6) is 5.88 Å². The molecule has 2 aromatic heterocycles. The van der Waals surface area contributed by atoms with Crippen LogP contribution < -0.4 is 4.74 Å². The number of hydrogen-bond acceptors (Lipinski definition) is 3. The van der Waals surface area contributed by atoms with Gasteiger partial charge < -0.3 is 4.74 Å². The van der Waals surface area contributed by atoms with E-state index in [1.165, 1.54) is 5.56 Å². The first kappa shape index (κ1) is 13.9. The van der Waals surface area contributed by atoms with Gasteiger partial charge in [0.05, 0.1) is 13.0 Å². The number of aromatic nitrogens is 3. The summed E-state index contributed by atoms with van der Waals surface area (Å²) in [4.78, 5) is 9.07. The van der Waals surface area contributed by atoms with Crippen molar-refractivity contribution in [3.05, 3.63) is 47.8 Å². The van der Waals surface area contributed by atoms with Gasteiger partial charge in [0.2, 0.25) is 5.88 Å². The highest BCUT2D eigenvalue weighted by molar-refractivity contribution is 6.16. The van der Waals surface area contributed by atoms with Gasteiger partial charge >= 0.3 is 0 Å². The van der Waals surface area contributed by atoms with Crippen LogP contribution >= 0.6 is 11.6 Å². The van der Waals surface area contributed by atoms with Crippen LogP contribution in [0.4, 0.5) is 0 Å². The molecule has 0 saturated carbocycles. The quantitative estimate of drug-likeness (QED) is 0.689. The van der Waals surface area contributed by atoms with Crippen molar-refractivity contribution in [2.45, 2.75) is 19.2 Å². The van der Waals surface area contributed by atoms with Crippen LogP contribution in [0.25, 0.3) is 16.9 Å². The first-order valence-corrected chi connectivity index (χ1v) is 7.38. The van der Waals surface area contributed by atoms with E-state index in [-0.39, 0.29) is 0 Å². The number of benzene rings is 1. The predicted molar refractivity (Wildman–Crippen MR) is 84.4 cm³/mol. The fourth-order valence-electron chi connectivity index (χ4n) is 2.38. The van der Waals surface area contributed by atoms with Crippen molar-refractivity contribution < 1.29 is 4.74 Å². The molecule has 0 bridgehead atoms. The third-order valence-electron chi connectivity index (χ3n) is 3.45. The summed E-state index contributed by atoms with van der Waals surface area (Å²) in [5, 5.41) is 0. The molecule has 0 spiro atoms. The highest BCUT2D eigenvalue weighted by Gasteiger charge is 2.14. The molecule has 0 unspecified atom stereocenters. The van der Waals surface area contributed by atoms with E-state index in [4.69, 9.17) is 16.3 Å². The molecule has 0 amide bonds. The summed E-state index contributed by atoms with van der Waals surface area (Å²) in [6.07, 6.45) is 0.980. The van der Waals surface area contributed by atoms with Gasteiger partial charge in [-0.15, -0.1) is 11.6 Å². The van der Waals surface area contributed by atoms with Gasteiger partial charge in [0, 0.05) is 11.8 Å². The molecule has 0 aliphatic heterocycles. The lowest BCUT2D eigenvalue weighted by molar-refractivity contribution is 0.399. The van der Waals surface area contributed by atoms with E-state index in [1.807, 2.05) is 22.8 Å². The number of hydrogen-bond donors (Lipinski definition) is 0. The number of alkyl halides is 1. The second-order valence-corrected chi connectivity index (χ2v) is 4.98. The zero-order valence-electron chi connectivity index (χ0n) is 12.0. The van der Waals surface area contributed by atoms with Crippen molar-refractivity contribution >= 4 is 22.8 Å². The van der Waals surface area contributed by atoms with Crippen LogP contribution in [0.1, 0.15) is 18.3 Å². The summed E-state index contributed by atoms with van der Waals surface area (Å²) in [5.41, 5.74) is 3.86. The standard InChI is InChI=1S/C16H16ClN3O/c1-3-11-5-4-6-12(9-11)20-14(10-17)18-13-7-8-15(21-2)19-16(13)20/h4-9H,3,10H2,1-2H3. The lowest BCUT2D eigenvalue weighted by Crippen LogP contribution is -2.01. The summed E-state index contributed by atoms with van der Waals surface area (Å²) < 4.78 is 7.21. The molecule has 0 saturated heterocycles. The summed E-state index contributed by atoms with van der Waals surface area (Å²) in [5.74, 6) is 1.67. The number of imidazole rings is 1. The average molecular weight is 302 g/mol. The van der Waals surface area contributed by atoms with Crippen LogP contribution in [-0.2, 0) is 12.3 Å². The largest absolute Gasteiger partial charge is 0.481 e. The highest BCUT2D eigenvalue weighted by Crippen LogP contribution is 2.24. The van der Waals surface area contributed by atoms with Gasteiger partial charge in [0.1, 0.15) is 11.3 Å². The average Bonchev–Trinajstić information content (AvgIpc) is 2.92. The van der Waals surface area contributed by atoms with Crippen molar-refractivity contribution in [1.29, 1.82) is 0 Å². The second-order valence-electron chi connectivity index (χ2n) is 4.72. The molecule has 0 N–H and O–H groups in total. The molecule has 5 heteroatoms. The number of methoxy groups -OCH3 is 1. The Morgan fingerprint density at radius 2 is 2.05 bits per heavy atom. The fraction of sp³-hybridized carbons (Fsp3) is 0.250. The van der Waals surface area contributed by atoms with E-state index in [0.717, 1.165) is 29.1 Å². The van der Waals surface area contributed by atoms with E-state index < -0.39 is 0 Å². The number of aryl methyl sites for hydroxylation is 1. The van der Waals surface area contributed by atoms with Gasteiger partial charge in [-0.2, -0.15) is 4.98 Å². The summed E-state index contributed by atoms with van der Waals surface area (Å²) in [7, 11) is 1.61. The minimum Gasteiger partial charge on any atom is -0.481 e. The zero-order chi connectivity index (χ0) is 14.8. The molecule has 3 aromatic rings. The topological polar surface area (TPSA) is 39.9 Å². The number of pyridine rings is 1. The van der Waals surface area contributed by atoms with Gasteiger partial charge in [-0.05, 0) is 30.2 Å². The molecule has 4 nitrogen and oxygen atoms in total. The smallest absolute Gasteiger partial charge is 0.215 e. The molecule has 3 rings (SSSR count). The molecule has 2 heterocycles. The highest BCUT2D eigenvalue weighted by atomic mass is 35.5. The third-order valence-corrected chi connectivity index (χ3v) is 3.69. The molecular formula is C16H16ClN3O. The number of rotatable bonds is 4. The monoisotopic (exact) mass is 301 g/mol. The van der Waals surface area contributed by atoms with Gasteiger partial charge in [-0.3, -0.25) is 4.57 Å². The fourth-order valence-corrected chi connectivity index (χ4v) is 2.56. The number of ether oxygens (including phenoxy) is 1. The second kappa shape index (κ2) is 5.74. The van der Waals surface area contributed by atoms with Gasteiger partial charge in [-0.25, -0.2) is 4.98 Å². The SMILES string of the molecule is CCc1cccc(-n2c(CCl)nc3ccc(OC)nc32)c1. The minimum atomic E-state index is 0.328. The van der Waals surface area contributed by atoms with E-state index in [2.05, 4.69) is 29.0 Å². The lowest BCUT2D eigenvalue weighted by atomic mass is 10.1. The molecular weight excluding hydrogens is 286 g/mol. The molecule has 1 aromatic carbocycles. The molecule has 0 atom stereocenters. The summed E-state index contributed by atoms with van der Waals surface area (Å²) >= 11 is 6.06. The number of nitrogens with zero attached hydrogens (tertiary/aromatic N) is 3. The molecule has 21 heavy (non-hydrogen) atoms. The van der Waals surface area contributed by atoms with E-state index in [1.54, 1.807) is 13.2 Å². The van der Waals surface area contributed by atoms with Gasteiger partial charge in [0.15, 0.2) is 5.65 Å². The van der Waals surface area contributed by atoms with E-state index in [0.29, 0.717) is 11.8 Å². The Balaban J connectivity index is 2.27. The Morgan fingerprint density at radius 3 is 2.76 bits per heavy atom. The van der Waals surface area contributed by atoms with Crippen molar-refractivity contribution in [3.63, 3.8) is 0 Å². The molecule has 0 fully saturated rings. The third kappa shape index (κ3) is 2.47. The van der Waals surface area contributed by atoms with Crippen molar-refractivity contribution in [2.75, 3.05) is 7.11 Å². The van der Waals surface area contributed by atoms with Crippen LogP contribution in [0.2, 0.25) is 0 Å². The van der Waals surface area contributed by atoms with Crippen molar-refractivity contribution in [3.8, 4) is 11.6 Å². The van der Waals surface area contributed by atoms with Crippen LogP contribution in [0.15, 0.2) is 36.4 Å². The normalized spacial score (nSPS) is 11.0. The molecule has 0 aliphatic carbocycles. The summed E-state index contributed by atoms with van der Waals surface area (Å²) in [6.45, 7) is 2.13. The van der Waals surface area contributed by atoms with Crippen LogP contribution in [0, 0.1) is 0 Å². The number of halogens is 1. The maximum absolute atomic E-state index is 6.06. The first-order valence-electron chi connectivity index (χ1n) is 6.84. The maximum Gasteiger partial charge on any atom is 0.215 e. The van der Waals surface area contributed by atoms with Crippen LogP contribution in [0.3, 0.4) is 0 Å². The van der Waals surface area contributed by atoms with Gasteiger partial charge in [-0.1, -0.05) is 19.1 Å². The zero-order valence-corrected chi connectivity index (χ0v) is 12.8. The predicted octanol–water partition coefficient (Wildman–Crippen LogP) is 3.73. The Hall–Kier alpha value is -2.07. The molecule has 0 aliphatic rings. The van der Waals surface area contributed by atoms with Crippen molar-refractivity contribution in [2.24, 2.45) is 0 Å². The Morgan fingerprint density at radius 1 is 1.19 bits per heavy atom. The Kier molecular flexibility index (Phi) is 3.80. The maximum atomic E-state index is 6.06. The van der Waals surface area contributed by atoms with E-state index in [9.17, 15) is 0 Å².